The van der Waals surface area contributed by atoms with Crippen molar-refractivity contribution in [1.82, 2.24) is 10.6 Å². The highest BCUT2D eigenvalue weighted by molar-refractivity contribution is 5.76. The van der Waals surface area contributed by atoms with Crippen LogP contribution in [0.15, 0.2) is 24.3 Å². The van der Waals surface area contributed by atoms with E-state index in [4.69, 9.17) is 9.47 Å². The lowest BCUT2D eigenvalue weighted by atomic mass is 10.1. The normalized spacial score (nSPS) is 10.3. The first kappa shape index (κ1) is 16.5. The number of carbonyl (C=O) groups is 1. The van der Waals surface area contributed by atoms with Crippen LogP contribution in [0.2, 0.25) is 0 Å². The van der Waals surface area contributed by atoms with E-state index in [1.54, 1.807) is 14.2 Å². The zero-order valence-corrected chi connectivity index (χ0v) is 12.3. The molecule has 0 saturated heterocycles. The number of rotatable bonds is 10. The predicted molar refractivity (Wildman–Crippen MR) is 79.1 cm³/mol. The summed E-state index contributed by atoms with van der Waals surface area (Å²) >= 11 is 0. The minimum absolute atomic E-state index is 0.0597. The van der Waals surface area contributed by atoms with Crippen LogP contribution in [0.3, 0.4) is 0 Å². The Morgan fingerprint density at radius 2 is 1.95 bits per heavy atom. The smallest absolute Gasteiger partial charge is 0.220 e. The Morgan fingerprint density at radius 1 is 1.15 bits per heavy atom. The van der Waals surface area contributed by atoms with Crippen LogP contribution in [0.1, 0.15) is 12.0 Å². The molecule has 0 unspecified atom stereocenters. The number of carbonyl (C=O) groups excluding carboxylic acids is 1. The van der Waals surface area contributed by atoms with Crippen LogP contribution in [-0.2, 0) is 16.0 Å². The molecule has 1 amide bonds. The standard InChI is InChI=1S/C15H24N2O3/c1-19-12-11-16-9-10-17-15(18)8-7-13-5-3-4-6-14(13)20-2/h3-6,16H,7-12H2,1-2H3,(H,17,18). The highest BCUT2D eigenvalue weighted by atomic mass is 16.5. The number of hydrogen-bond acceptors (Lipinski definition) is 4. The predicted octanol–water partition coefficient (Wildman–Crippen LogP) is 0.980. The van der Waals surface area contributed by atoms with Crippen LogP contribution in [0.5, 0.6) is 5.75 Å². The van der Waals surface area contributed by atoms with Gasteiger partial charge in [-0.1, -0.05) is 18.2 Å². The molecule has 0 aliphatic carbocycles. The Balaban J connectivity index is 2.16. The average Bonchev–Trinajstić information content (AvgIpc) is 2.49. The van der Waals surface area contributed by atoms with Crippen molar-refractivity contribution in [2.45, 2.75) is 12.8 Å². The summed E-state index contributed by atoms with van der Waals surface area (Å²) in [5, 5.41) is 6.06. The topological polar surface area (TPSA) is 59.6 Å². The lowest BCUT2D eigenvalue weighted by Crippen LogP contribution is -2.33. The first-order chi connectivity index (χ1) is 9.77. The zero-order valence-electron chi connectivity index (χ0n) is 12.3. The monoisotopic (exact) mass is 280 g/mol. The molecule has 2 N–H and O–H groups in total. The number of amides is 1. The van der Waals surface area contributed by atoms with Gasteiger partial charge in [0.2, 0.25) is 5.91 Å². The fourth-order valence-electron chi connectivity index (χ4n) is 1.84. The molecule has 0 radical (unpaired) electrons. The highest BCUT2D eigenvalue weighted by Crippen LogP contribution is 2.18. The van der Waals surface area contributed by atoms with Crippen molar-refractivity contribution in [3.05, 3.63) is 29.8 Å². The van der Waals surface area contributed by atoms with Crippen LogP contribution in [0.25, 0.3) is 0 Å². The van der Waals surface area contributed by atoms with Crippen LogP contribution in [0, 0.1) is 0 Å². The van der Waals surface area contributed by atoms with Gasteiger partial charge in [0, 0.05) is 33.2 Å². The van der Waals surface area contributed by atoms with Gasteiger partial charge >= 0.3 is 0 Å². The molecule has 112 valence electrons. The molecule has 0 spiro atoms. The van der Waals surface area contributed by atoms with Gasteiger partial charge in [-0.05, 0) is 18.1 Å². The van der Waals surface area contributed by atoms with Crippen molar-refractivity contribution in [2.75, 3.05) is 40.5 Å². The maximum absolute atomic E-state index is 11.7. The van der Waals surface area contributed by atoms with Gasteiger partial charge in [0.1, 0.15) is 5.75 Å². The SMILES string of the molecule is COCCNCCNC(=O)CCc1ccccc1OC. The van der Waals surface area contributed by atoms with Gasteiger partial charge in [-0.15, -0.1) is 0 Å². The molecule has 0 fully saturated rings. The lowest BCUT2D eigenvalue weighted by molar-refractivity contribution is -0.121. The number of ether oxygens (including phenoxy) is 2. The molecular weight excluding hydrogens is 256 g/mol. The van der Waals surface area contributed by atoms with Gasteiger partial charge in [-0.25, -0.2) is 0 Å². The average molecular weight is 280 g/mol. The highest BCUT2D eigenvalue weighted by Gasteiger charge is 2.05. The van der Waals surface area contributed by atoms with E-state index in [0.29, 0.717) is 26.0 Å². The van der Waals surface area contributed by atoms with Crippen LogP contribution in [0.4, 0.5) is 0 Å². The van der Waals surface area contributed by atoms with Crippen LogP contribution < -0.4 is 15.4 Å². The minimum atomic E-state index is 0.0597. The molecule has 1 aromatic rings. The number of benzene rings is 1. The number of hydrogen-bond donors (Lipinski definition) is 2. The van der Waals surface area contributed by atoms with Crippen LogP contribution in [-0.4, -0.2) is 46.4 Å². The number of methoxy groups -OCH3 is 2. The van der Waals surface area contributed by atoms with Crippen molar-refractivity contribution in [3.8, 4) is 5.75 Å². The fourth-order valence-corrected chi connectivity index (χ4v) is 1.84. The van der Waals surface area contributed by atoms with Crippen molar-refractivity contribution in [3.63, 3.8) is 0 Å². The van der Waals surface area contributed by atoms with Crippen molar-refractivity contribution < 1.29 is 14.3 Å². The van der Waals surface area contributed by atoms with E-state index >= 15 is 0 Å². The van der Waals surface area contributed by atoms with E-state index in [9.17, 15) is 4.79 Å². The Morgan fingerprint density at radius 3 is 2.70 bits per heavy atom. The summed E-state index contributed by atoms with van der Waals surface area (Å²) in [6.45, 7) is 2.87. The van der Waals surface area contributed by atoms with Gasteiger partial charge in [-0.3, -0.25) is 4.79 Å². The number of para-hydroxylation sites is 1. The second-order valence-corrected chi connectivity index (χ2v) is 4.40. The Labute approximate surface area is 120 Å². The molecule has 0 bridgehead atoms. The number of aryl methyl sites for hydroxylation is 1. The van der Waals surface area contributed by atoms with E-state index in [-0.39, 0.29) is 5.91 Å². The van der Waals surface area contributed by atoms with Crippen molar-refractivity contribution >= 4 is 5.91 Å². The third-order valence-electron chi connectivity index (χ3n) is 2.92. The zero-order chi connectivity index (χ0) is 14.6. The molecule has 0 aliphatic rings. The van der Waals surface area contributed by atoms with Gasteiger partial charge in [0.25, 0.3) is 0 Å². The lowest BCUT2D eigenvalue weighted by Gasteiger charge is -2.09. The van der Waals surface area contributed by atoms with Gasteiger partial charge in [-0.2, -0.15) is 0 Å². The molecule has 0 aromatic heterocycles. The van der Waals surface area contributed by atoms with Gasteiger partial charge in [0.05, 0.1) is 13.7 Å². The summed E-state index contributed by atoms with van der Waals surface area (Å²) in [5.41, 5.74) is 1.06. The van der Waals surface area contributed by atoms with E-state index in [0.717, 1.165) is 24.4 Å². The molecule has 0 saturated carbocycles. The third-order valence-corrected chi connectivity index (χ3v) is 2.92. The second-order valence-electron chi connectivity index (χ2n) is 4.40. The summed E-state index contributed by atoms with van der Waals surface area (Å²) < 4.78 is 10.2. The molecule has 0 aliphatic heterocycles. The first-order valence-electron chi connectivity index (χ1n) is 6.86. The maximum atomic E-state index is 11.7. The summed E-state index contributed by atoms with van der Waals surface area (Å²) in [6.07, 6.45) is 1.16. The van der Waals surface area contributed by atoms with Gasteiger partial charge in [0.15, 0.2) is 0 Å². The quantitative estimate of drug-likeness (QED) is 0.627. The molecule has 0 heterocycles. The van der Waals surface area contributed by atoms with Crippen molar-refractivity contribution in [2.24, 2.45) is 0 Å². The molecule has 0 atom stereocenters. The van der Waals surface area contributed by atoms with E-state index in [2.05, 4.69) is 10.6 Å². The molecule has 1 aromatic carbocycles. The molecule has 20 heavy (non-hydrogen) atoms. The fraction of sp³-hybridized carbons (Fsp3) is 0.533. The summed E-state index contributed by atoms with van der Waals surface area (Å²) in [6, 6.07) is 7.77. The first-order valence-corrected chi connectivity index (χ1v) is 6.86. The number of nitrogens with one attached hydrogen (secondary N) is 2. The van der Waals surface area contributed by atoms with E-state index < -0.39 is 0 Å². The van der Waals surface area contributed by atoms with Crippen LogP contribution >= 0.6 is 0 Å². The Bertz CT molecular complexity index is 396. The van der Waals surface area contributed by atoms with Crippen molar-refractivity contribution in [1.29, 1.82) is 0 Å². The molecular formula is C15H24N2O3. The molecule has 5 heteroatoms. The minimum Gasteiger partial charge on any atom is -0.496 e. The third kappa shape index (κ3) is 6.54. The summed E-state index contributed by atoms with van der Waals surface area (Å²) in [7, 11) is 3.31. The van der Waals surface area contributed by atoms with E-state index in [1.807, 2.05) is 24.3 Å². The molecule has 1 rings (SSSR count). The summed E-state index contributed by atoms with van der Waals surface area (Å²) in [4.78, 5) is 11.7. The second kappa shape index (κ2) is 10.2. The largest absolute Gasteiger partial charge is 0.496 e. The summed E-state index contributed by atoms with van der Waals surface area (Å²) in [5.74, 6) is 0.894. The maximum Gasteiger partial charge on any atom is 0.220 e. The Kier molecular flexibility index (Phi) is 8.42. The Hall–Kier alpha value is -1.59. The van der Waals surface area contributed by atoms with Gasteiger partial charge < -0.3 is 20.1 Å². The molecule has 5 nitrogen and oxygen atoms in total. The van der Waals surface area contributed by atoms with E-state index in [1.165, 1.54) is 0 Å².